The Hall–Kier alpha value is -1.26. The Morgan fingerprint density at radius 2 is 2.00 bits per heavy atom. The first-order valence-corrected chi connectivity index (χ1v) is 6.55. The van der Waals surface area contributed by atoms with E-state index in [4.69, 9.17) is 9.47 Å². The van der Waals surface area contributed by atoms with Crippen molar-refractivity contribution >= 4 is 0 Å². The van der Waals surface area contributed by atoms with Crippen LogP contribution in [0.25, 0.3) is 0 Å². The van der Waals surface area contributed by atoms with Gasteiger partial charge in [0, 0.05) is 17.6 Å². The Morgan fingerprint density at radius 3 is 2.53 bits per heavy atom. The molecule has 0 radical (unpaired) electrons. The highest BCUT2D eigenvalue weighted by molar-refractivity contribution is 5.46. The summed E-state index contributed by atoms with van der Waals surface area (Å²) in [5.41, 5.74) is 1.06. The number of rotatable bonds is 6. The Labute approximate surface area is 115 Å². The zero-order valence-electron chi connectivity index (χ0n) is 12.5. The Bertz CT molecular complexity index is 397. The molecular formula is C15H25NO3. The molecule has 0 aliphatic carbocycles. The Morgan fingerprint density at radius 1 is 1.32 bits per heavy atom. The fraction of sp³-hybridized carbons (Fsp3) is 0.600. The number of hydrogen-bond acceptors (Lipinski definition) is 4. The Kier molecular flexibility index (Phi) is 5.63. The van der Waals surface area contributed by atoms with E-state index < -0.39 is 6.10 Å². The maximum atomic E-state index is 9.35. The predicted octanol–water partition coefficient (Wildman–Crippen LogP) is 2.34. The van der Waals surface area contributed by atoms with E-state index in [0.717, 1.165) is 5.56 Å². The van der Waals surface area contributed by atoms with Crippen LogP contribution in [0, 0.1) is 0 Å². The van der Waals surface area contributed by atoms with Crippen molar-refractivity contribution in [3.8, 4) is 11.5 Å². The molecule has 0 saturated heterocycles. The molecule has 0 fully saturated rings. The van der Waals surface area contributed by atoms with Crippen LogP contribution >= 0.6 is 0 Å². The molecular weight excluding hydrogens is 242 g/mol. The van der Waals surface area contributed by atoms with E-state index >= 15 is 0 Å². The van der Waals surface area contributed by atoms with E-state index in [9.17, 15) is 5.11 Å². The molecule has 0 amide bonds. The van der Waals surface area contributed by atoms with Gasteiger partial charge in [-0.1, -0.05) is 12.1 Å². The topological polar surface area (TPSA) is 50.7 Å². The summed E-state index contributed by atoms with van der Waals surface area (Å²) in [4.78, 5) is 0. The van der Waals surface area contributed by atoms with E-state index in [0.29, 0.717) is 18.0 Å². The summed E-state index contributed by atoms with van der Waals surface area (Å²) >= 11 is 0. The summed E-state index contributed by atoms with van der Waals surface area (Å²) in [6, 6.07) is 5.80. The van der Waals surface area contributed by atoms with Gasteiger partial charge in [-0.2, -0.15) is 0 Å². The average molecular weight is 267 g/mol. The lowest BCUT2D eigenvalue weighted by Gasteiger charge is -2.22. The van der Waals surface area contributed by atoms with Crippen LogP contribution in [0.15, 0.2) is 18.2 Å². The molecule has 0 aromatic heterocycles. The third-order valence-corrected chi connectivity index (χ3v) is 2.56. The lowest BCUT2D eigenvalue weighted by atomic mass is 10.1. The summed E-state index contributed by atoms with van der Waals surface area (Å²) < 4.78 is 11.0. The van der Waals surface area contributed by atoms with E-state index in [1.165, 1.54) is 0 Å². The van der Waals surface area contributed by atoms with Crippen molar-refractivity contribution in [2.45, 2.75) is 45.9 Å². The van der Waals surface area contributed by atoms with Gasteiger partial charge in [0.2, 0.25) is 0 Å². The van der Waals surface area contributed by atoms with Gasteiger partial charge in [0.25, 0.3) is 0 Å². The fourth-order valence-electron chi connectivity index (χ4n) is 1.59. The molecule has 1 unspecified atom stereocenters. The van der Waals surface area contributed by atoms with Gasteiger partial charge in [-0.3, -0.25) is 0 Å². The molecule has 0 aliphatic heterocycles. The maximum Gasteiger partial charge on any atom is 0.165 e. The van der Waals surface area contributed by atoms with Gasteiger partial charge in [0.1, 0.15) is 6.61 Å². The van der Waals surface area contributed by atoms with Crippen LogP contribution < -0.4 is 14.8 Å². The highest BCUT2D eigenvalue weighted by atomic mass is 16.5. The number of para-hydroxylation sites is 1. The van der Waals surface area contributed by atoms with Crippen LogP contribution in [0.1, 0.15) is 33.3 Å². The predicted molar refractivity (Wildman–Crippen MR) is 76.8 cm³/mol. The van der Waals surface area contributed by atoms with Gasteiger partial charge in [-0.05, 0) is 33.8 Å². The number of nitrogens with one attached hydrogen (secondary N) is 1. The van der Waals surface area contributed by atoms with Gasteiger partial charge in [-0.25, -0.2) is 0 Å². The van der Waals surface area contributed by atoms with Crippen molar-refractivity contribution in [2.75, 3.05) is 13.7 Å². The Balaban J connectivity index is 2.88. The first-order valence-electron chi connectivity index (χ1n) is 6.55. The minimum absolute atomic E-state index is 0.0324. The molecule has 1 aromatic rings. The van der Waals surface area contributed by atoms with Gasteiger partial charge >= 0.3 is 0 Å². The largest absolute Gasteiger partial charge is 0.493 e. The van der Waals surface area contributed by atoms with E-state index in [2.05, 4.69) is 26.1 Å². The summed E-state index contributed by atoms with van der Waals surface area (Å²) in [6.45, 7) is 8.98. The van der Waals surface area contributed by atoms with Crippen molar-refractivity contribution in [3.63, 3.8) is 0 Å². The summed E-state index contributed by atoms with van der Waals surface area (Å²) in [5, 5.41) is 12.8. The van der Waals surface area contributed by atoms with Gasteiger partial charge in [0.15, 0.2) is 11.5 Å². The molecule has 0 aliphatic rings. The van der Waals surface area contributed by atoms with Crippen molar-refractivity contribution in [1.29, 1.82) is 0 Å². The molecule has 1 atom stereocenters. The molecule has 0 saturated carbocycles. The molecule has 0 bridgehead atoms. The number of aliphatic hydroxyl groups excluding tert-OH is 1. The highest BCUT2D eigenvalue weighted by Gasteiger charge is 2.14. The van der Waals surface area contributed by atoms with Crippen molar-refractivity contribution in [2.24, 2.45) is 0 Å². The number of hydrogen-bond donors (Lipinski definition) is 2. The lowest BCUT2D eigenvalue weighted by Crippen LogP contribution is -2.35. The first-order chi connectivity index (χ1) is 8.83. The number of methoxy groups -OCH3 is 1. The monoisotopic (exact) mass is 267 g/mol. The second-order valence-corrected chi connectivity index (χ2v) is 5.71. The average Bonchev–Trinajstić information content (AvgIpc) is 2.32. The van der Waals surface area contributed by atoms with E-state index in [1.54, 1.807) is 14.0 Å². The van der Waals surface area contributed by atoms with Gasteiger partial charge < -0.3 is 19.9 Å². The highest BCUT2D eigenvalue weighted by Crippen LogP contribution is 2.31. The first kappa shape index (κ1) is 15.8. The standard InChI is InChI=1S/C15H25NO3/c1-11(17)10-19-14-12(9-16-15(2,3)4)7-6-8-13(14)18-5/h6-8,11,16-17H,9-10H2,1-5H3. The van der Waals surface area contributed by atoms with Crippen LogP contribution in [-0.4, -0.2) is 30.5 Å². The van der Waals surface area contributed by atoms with Crippen LogP contribution in [0.5, 0.6) is 11.5 Å². The molecule has 4 heteroatoms. The molecule has 19 heavy (non-hydrogen) atoms. The third kappa shape index (κ3) is 5.49. The second-order valence-electron chi connectivity index (χ2n) is 5.71. The van der Waals surface area contributed by atoms with Gasteiger partial charge in [-0.15, -0.1) is 0 Å². The van der Waals surface area contributed by atoms with E-state index in [1.807, 2.05) is 18.2 Å². The molecule has 1 aromatic carbocycles. The molecule has 4 nitrogen and oxygen atoms in total. The smallest absolute Gasteiger partial charge is 0.165 e. The number of aliphatic hydroxyl groups is 1. The van der Waals surface area contributed by atoms with Crippen LogP contribution in [0.2, 0.25) is 0 Å². The number of benzene rings is 1. The van der Waals surface area contributed by atoms with Crippen LogP contribution in [0.4, 0.5) is 0 Å². The molecule has 0 spiro atoms. The van der Waals surface area contributed by atoms with Crippen molar-refractivity contribution in [3.05, 3.63) is 23.8 Å². The minimum atomic E-state index is -0.506. The normalized spacial score (nSPS) is 13.2. The quantitative estimate of drug-likeness (QED) is 0.830. The molecule has 2 N–H and O–H groups in total. The minimum Gasteiger partial charge on any atom is -0.493 e. The van der Waals surface area contributed by atoms with Crippen LogP contribution in [-0.2, 0) is 6.54 Å². The summed E-state index contributed by atoms with van der Waals surface area (Å²) in [6.07, 6.45) is -0.506. The lowest BCUT2D eigenvalue weighted by molar-refractivity contribution is 0.120. The van der Waals surface area contributed by atoms with Crippen molar-refractivity contribution in [1.82, 2.24) is 5.32 Å². The summed E-state index contributed by atoms with van der Waals surface area (Å²) in [5.74, 6) is 1.39. The van der Waals surface area contributed by atoms with E-state index in [-0.39, 0.29) is 12.1 Å². The number of ether oxygens (including phenoxy) is 2. The van der Waals surface area contributed by atoms with Gasteiger partial charge in [0.05, 0.1) is 13.2 Å². The molecule has 0 heterocycles. The molecule has 108 valence electrons. The zero-order chi connectivity index (χ0) is 14.5. The van der Waals surface area contributed by atoms with Crippen LogP contribution in [0.3, 0.4) is 0 Å². The van der Waals surface area contributed by atoms with Crippen molar-refractivity contribution < 1.29 is 14.6 Å². The second kappa shape index (κ2) is 6.78. The zero-order valence-corrected chi connectivity index (χ0v) is 12.5. The maximum absolute atomic E-state index is 9.35. The summed E-state index contributed by atoms with van der Waals surface area (Å²) in [7, 11) is 1.62. The third-order valence-electron chi connectivity index (χ3n) is 2.56. The fourth-order valence-corrected chi connectivity index (χ4v) is 1.59. The molecule has 1 rings (SSSR count). The SMILES string of the molecule is COc1cccc(CNC(C)(C)C)c1OCC(C)O.